The van der Waals surface area contributed by atoms with E-state index < -0.39 is 0 Å². The van der Waals surface area contributed by atoms with E-state index >= 15 is 0 Å². The molecule has 0 unspecified atom stereocenters. The van der Waals surface area contributed by atoms with Gasteiger partial charge in [-0.2, -0.15) is 5.10 Å². The lowest BCUT2D eigenvalue weighted by Gasteiger charge is -2.01. The molecule has 0 aliphatic rings. The summed E-state index contributed by atoms with van der Waals surface area (Å²) in [5, 5.41) is 8.63. The van der Waals surface area contributed by atoms with Crippen molar-refractivity contribution in [3.63, 3.8) is 0 Å². The third-order valence-corrected chi connectivity index (χ3v) is 5.14. The van der Waals surface area contributed by atoms with Gasteiger partial charge in [-0.25, -0.2) is 9.97 Å². The van der Waals surface area contributed by atoms with Crippen LogP contribution in [0.1, 0.15) is 0 Å². The number of nitrogens with one attached hydrogen (secondary N) is 2. The summed E-state index contributed by atoms with van der Waals surface area (Å²) in [5.74, 6) is 0. The van der Waals surface area contributed by atoms with Crippen molar-refractivity contribution >= 4 is 22.1 Å². The Hall–Kier alpha value is -4.39. The largest absolute Gasteiger partial charge is 0.338 e. The molecule has 0 aliphatic heterocycles. The highest BCUT2D eigenvalue weighted by atomic mass is 15.1. The van der Waals surface area contributed by atoms with Gasteiger partial charge in [-0.15, -0.1) is 0 Å². The van der Waals surface area contributed by atoms with Crippen LogP contribution in [0.2, 0.25) is 0 Å². The number of fused-ring (bicyclic) bond motifs is 2. The number of aromatic nitrogens is 7. The fourth-order valence-corrected chi connectivity index (χ4v) is 3.70. The predicted octanol–water partition coefficient (Wildman–Crippen LogP) is 4.63. The van der Waals surface area contributed by atoms with Gasteiger partial charge in [0, 0.05) is 41.9 Å². The molecule has 0 aromatic carbocycles. The van der Waals surface area contributed by atoms with Crippen LogP contribution < -0.4 is 0 Å². The van der Waals surface area contributed by atoms with Crippen molar-refractivity contribution in [1.82, 2.24) is 35.1 Å². The average Bonchev–Trinajstić information content (AvgIpc) is 3.43. The normalized spacial score (nSPS) is 11.3. The molecule has 0 saturated heterocycles. The van der Waals surface area contributed by atoms with Crippen LogP contribution in [0.15, 0.2) is 79.5 Å². The van der Waals surface area contributed by atoms with E-state index in [2.05, 4.69) is 36.2 Å². The number of H-pyrrole nitrogens is 2. The molecule has 2 N–H and O–H groups in total. The van der Waals surface area contributed by atoms with Crippen molar-refractivity contribution in [2.24, 2.45) is 0 Å². The van der Waals surface area contributed by atoms with Gasteiger partial charge in [-0.1, -0.05) is 0 Å². The molecule has 6 heterocycles. The van der Waals surface area contributed by atoms with E-state index in [9.17, 15) is 0 Å². The first kappa shape index (κ1) is 16.6. The number of hydrogen-bond acceptors (Lipinski definition) is 5. The Morgan fingerprint density at radius 2 is 1.73 bits per heavy atom. The van der Waals surface area contributed by atoms with E-state index in [1.54, 1.807) is 24.8 Å². The van der Waals surface area contributed by atoms with Crippen molar-refractivity contribution in [2.45, 2.75) is 0 Å². The molecule has 6 aromatic rings. The van der Waals surface area contributed by atoms with Gasteiger partial charge in [-0.3, -0.25) is 15.1 Å². The van der Waals surface area contributed by atoms with Crippen LogP contribution in [0, 0.1) is 0 Å². The first-order valence-corrected chi connectivity index (χ1v) is 9.51. The molecule has 0 aliphatic carbocycles. The van der Waals surface area contributed by atoms with Gasteiger partial charge in [0.1, 0.15) is 16.9 Å². The van der Waals surface area contributed by atoms with Gasteiger partial charge in [-0.05, 0) is 59.7 Å². The minimum absolute atomic E-state index is 0.759. The van der Waals surface area contributed by atoms with E-state index in [0.29, 0.717) is 0 Å². The van der Waals surface area contributed by atoms with Crippen LogP contribution in [0.25, 0.3) is 55.8 Å². The third-order valence-electron chi connectivity index (χ3n) is 5.14. The van der Waals surface area contributed by atoms with Crippen molar-refractivity contribution in [1.29, 1.82) is 0 Å². The molecular weight excluding hydrogens is 374 g/mol. The second kappa shape index (κ2) is 6.59. The van der Waals surface area contributed by atoms with E-state index in [4.69, 9.17) is 4.98 Å². The molecule has 0 radical (unpaired) electrons. The summed E-state index contributed by atoms with van der Waals surface area (Å²) in [6, 6.07) is 15.9. The Morgan fingerprint density at radius 1 is 0.800 bits per heavy atom. The number of aromatic amines is 2. The van der Waals surface area contributed by atoms with Crippen molar-refractivity contribution in [3.05, 3.63) is 79.5 Å². The van der Waals surface area contributed by atoms with Crippen LogP contribution in [0.4, 0.5) is 0 Å². The minimum atomic E-state index is 0.759. The van der Waals surface area contributed by atoms with Crippen LogP contribution in [0.3, 0.4) is 0 Å². The highest BCUT2D eigenvalue weighted by Gasteiger charge is 2.15. The zero-order chi connectivity index (χ0) is 19.9. The molecule has 0 atom stereocenters. The van der Waals surface area contributed by atoms with E-state index in [0.717, 1.165) is 55.8 Å². The van der Waals surface area contributed by atoms with E-state index in [1.807, 2.05) is 48.7 Å². The lowest BCUT2D eigenvalue weighted by Crippen LogP contribution is -1.86. The Balaban J connectivity index is 1.52. The van der Waals surface area contributed by atoms with Crippen LogP contribution in [-0.4, -0.2) is 35.1 Å². The maximum Gasteiger partial charge on any atom is 0.138 e. The molecule has 0 bridgehead atoms. The molecule has 30 heavy (non-hydrogen) atoms. The molecule has 6 rings (SSSR count). The van der Waals surface area contributed by atoms with E-state index in [-0.39, 0.29) is 0 Å². The first-order chi connectivity index (χ1) is 14.9. The quantitative estimate of drug-likeness (QED) is 0.460. The highest BCUT2D eigenvalue weighted by Crippen LogP contribution is 2.33. The Morgan fingerprint density at radius 3 is 2.60 bits per heavy atom. The predicted molar refractivity (Wildman–Crippen MR) is 115 cm³/mol. The fraction of sp³-hybridized carbons (Fsp3) is 0. The summed E-state index contributed by atoms with van der Waals surface area (Å²) in [4.78, 5) is 21.1. The number of nitrogens with zero attached hydrogens (tertiary/aromatic N) is 5. The van der Waals surface area contributed by atoms with Gasteiger partial charge in [0.25, 0.3) is 0 Å². The van der Waals surface area contributed by atoms with Gasteiger partial charge < -0.3 is 4.98 Å². The molecule has 7 nitrogen and oxygen atoms in total. The average molecular weight is 389 g/mol. The van der Waals surface area contributed by atoms with Crippen molar-refractivity contribution in [2.75, 3.05) is 0 Å². The molecular formula is C23H15N7. The maximum absolute atomic E-state index is 4.85. The molecule has 6 aromatic heterocycles. The standard InChI is InChI=1S/C23H15N7/c1-2-15(13-25-8-1)18-3-4-19-21(27-18)22(30-29-19)20-12-17-16(7-11-26-23(17)28-20)14-5-9-24-10-6-14/h1-13H,(H,26,28)(H,29,30). The van der Waals surface area contributed by atoms with Crippen LogP contribution in [0.5, 0.6) is 0 Å². The topological polar surface area (TPSA) is 96.0 Å². The molecule has 0 spiro atoms. The van der Waals surface area contributed by atoms with Crippen LogP contribution in [-0.2, 0) is 0 Å². The zero-order valence-electron chi connectivity index (χ0n) is 15.7. The summed E-state index contributed by atoms with van der Waals surface area (Å²) in [6.45, 7) is 0. The van der Waals surface area contributed by atoms with Crippen molar-refractivity contribution < 1.29 is 0 Å². The lowest BCUT2D eigenvalue weighted by molar-refractivity contribution is 1.12. The summed E-state index contributed by atoms with van der Waals surface area (Å²) >= 11 is 0. The fourth-order valence-electron chi connectivity index (χ4n) is 3.70. The third kappa shape index (κ3) is 2.64. The molecule has 0 amide bonds. The molecule has 0 saturated carbocycles. The van der Waals surface area contributed by atoms with Crippen LogP contribution >= 0.6 is 0 Å². The second-order valence-corrected chi connectivity index (χ2v) is 6.95. The first-order valence-electron chi connectivity index (χ1n) is 9.51. The van der Waals surface area contributed by atoms with Gasteiger partial charge in [0.05, 0.1) is 16.9 Å². The minimum Gasteiger partial charge on any atom is -0.338 e. The van der Waals surface area contributed by atoms with Crippen molar-refractivity contribution in [3.8, 4) is 33.8 Å². The smallest absolute Gasteiger partial charge is 0.138 e. The molecule has 142 valence electrons. The second-order valence-electron chi connectivity index (χ2n) is 6.95. The highest BCUT2D eigenvalue weighted by molar-refractivity contribution is 5.98. The lowest BCUT2D eigenvalue weighted by atomic mass is 10.1. The van der Waals surface area contributed by atoms with Gasteiger partial charge in [0.2, 0.25) is 0 Å². The number of hydrogen-bond donors (Lipinski definition) is 2. The van der Waals surface area contributed by atoms with E-state index in [1.165, 1.54) is 0 Å². The van der Waals surface area contributed by atoms with Gasteiger partial charge in [0.15, 0.2) is 0 Å². The number of rotatable bonds is 3. The zero-order valence-corrected chi connectivity index (χ0v) is 15.7. The summed E-state index contributed by atoms with van der Waals surface area (Å²) in [5.41, 5.74) is 8.09. The Bertz CT molecular complexity index is 1480. The molecule has 0 fully saturated rings. The molecule has 7 heteroatoms. The summed E-state index contributed by atoms with van der Waals surface area (Å²) in [6.07, 6.45) is 8.95. The summed E-state index contributed by atoms with van der Waals surface area (Å²) in [7, 11) is 0. The summed E-state index contributed by atoms with van der Waals surface area (Å²) < 4.78 is 0. The Labute approximate surface area is 170 Å². The monoisotopic (exact) mass is 389 g/mol. The van der Waals surface area contributed by atoms with Gasteiger partial charge >= 0.3 is 0 Å². The maximum atomic E-state index is 4.85. The number of pyridine rings is 4. The Kier molecular flexibility index (Phi) is 3.64. The SMILES string of the molecule is c1cncc(-c2ccc3[nH]nc(-c4cc5c(-c6ccncc6)ccnc5[nH]4)c3n2)c1.